The minimum absolute atomic E-state index is 0.677. The van der Waals surface area contributed by atoms with E-state index in [0.29, 0.717) is 10.6 Å². The van der Waals surface area contributed by atoms with Gasteiger partial charge in [-0.25, -0.2) is 0 Å². The number of benzene rings is 1. The van der Waals surface area contributed by atoms with Crippen molar-refractivity contribution < 1.29 is 4.79 Å². The zero-order valence-corrected chi connectivity index (χ0v) is 11.8. The average Bonchev–Trinajstić information content (AvgIpc) is 3.00. The second-order valence-electron chi connectivity index (χ2n) is 4.83. The summed E-state index contributed by atoms with van der Waals surface area (Å²) < 4.78 is 3.86. The third-order valence-electron chi connectivity index (χ3n) is 3.40. The Hall–Kier alpha value is -2.07. The molecule has 0 atom stereocenters. The molecule has 0 aliphatic carbocycles. The standard InChI is InChI=1S/C15H14ClN3O/c1-18-8-11(7-17-18)4-5-19-9-12(10-20)14-3-2-13(16)6-15(14)19/h2-3,6-10H,4-5H2,1H3. The van der Waals surface area contributed by atoms with Gasteiger partial charge in [0.15, 0.2) is 6.29 Å². The highest BCUT2D eigenvalue weighted by Gasteiger charge is 2.08. The van der Waals surface area contributed by atoms with Gasteiger partial charge < -0.3 is 4.57 Å². The van der Waals surface area contributed by atoms with E-state index in [-0.39, 0.29) is 0 Å². The number of carbonyl (C=O) groups excluding carboxylic acids is 1. The molecular formula is C15H14ClN3O. The number of fused-ring (bicyclic) bond motifs is 1. The van der Waals surface area contributed by atoms with Crippen LogP contribution in [0.3, 0.4) is 0 Å². The van der Waals surface area contributed by atoms with Crippen LogP contribution in [-0.2, 0) is 20.0 Å². The van der Waals surface area contributed by atoms with Gasteiger partial charge in [-0.1, -0.05) is 17.7 Å². The van der Waals surface area contributed by atoms with Crippen LogP contribution in [0.1, 0.15) is 15.9 Å². The Morgan fingerprint density at radius 3 is 2.90 bits per heavy atom. The quantitative estimate of drug-likeness (QED) is 0.692. The number of carbonyl (C=O) groups is 1. The van der Waals surface area contributed by atoms with E-state index in [9.17, 15) is 4.79 Å². The highest BCUT2D eigenvalue weighted by molar-refractivity contribution is 6.31. The highest BCUT2D eigenvalue weighted by Crippen LogP contribution is 2.24. The number of hydrogen-bond acceptors (Lipinski definition) is 2. The van der Waals surface area contributed by atoms with Crippen LogP contribution in [0, 0.1) is 0 Å². The van der Waals surface area contributed by atoms with Crippen LogP contribution in [0.4, 0.5) is 0 Å². The molecule has 0 spiro atoms. The molecule has 2 heterocycles. The third-order valence-corrected chi connectivity index (χ3v) is 3.64. The maximum absolute atomic E-state index is 11.1. The maximum Gasteiger partial charge on any atom is 0.152 e. The summed E-state index contributed by atoms with van der Waals surface area (Å²) in [6, 6.07) is 5.59. The lowest BCUT2D eigenvalue weighted by atomic mass is 10.2. The molecule has 102 valence electrons. The lowest BCUT2D eigenvalue weighted by molar-refractivity contribution is 0.112. The van der Waals surface area contributed by atoms with Gasteiger partial charge in [0.05, 0.1) is 11.7 Å². The van der Waals surface area contributed by atoms with E-state index >= 15 is 0 Å². The molecule has 0 radical (unpaired) electrons. The van der Waals surface area contributed by atoms with E-state index in [1.165, 1.54) is 5.56 Å². The number of hydrogen-bond donors (Lipinski definition) is 0. The molecule has 0 fully saturated rings. The van der Waals surface area contributed by atoms with Crippen molar-refractivity contribution in [2.45, 2.75) is 13.0 Å². The van der Waals surface area contributed by atoms with Crippen LogP contribution < -0.4 is 0 Å². The first-order valence-electron chi connectivity index (χ1n) is 6.38. The number of aromatic nitrogens is 3. The molecule has 0 aliphatic rings. The van der Waals surface area contributed by atoms with Crippen LogP contribution in [0.2, 0.25) is 5.02 Å². The van der Waals surface area contributed by atoms with Crippen LogP contribution in [-0.4, -0.2) is 20.6 Å². The maximum atomic E-state index is 11.1. The summed E-state index contributed by atoms with van der Waals surface area (Å²) in [5.74, 6) is 0. The van der Waals surface area contributed by atoms with E-state index < -0.39 is 0 Å². The Bertz CT molecular complexity index is 773. The van der Waals surface area contributed by atoms with Gasteiger partial charge in [0.1, 0.15) is 0 Å². The molecular weight excluding hydrogens is 274 g/mol. The summed E-state index contributed by atoms with van der Waals surface area (Å²) in [4.78, 5) is 11.1. The third kappa shape index (κ3) is 2.34. The zero-order valence-electron chi connectivity index (χ0n) is 11.1. The van der Waals surface area contributed by atoms with Gasteiger partial charge in [-0.05, 0) is 24.1 Å². The van der Waals surface area contributed by atoms with Gasteiger partial charge >= 0.3 is 0 Å². The molecule has 3 rings (SSSR count). The van der Waals surface area contributed by atoms with Gasteiger partial charge in [0.25, 0.3) is 0 Å². The van der Waals surface area contributed by atoms with Crippen molar-refractivity contribution >= 4 is 28.8 Å². The van der Waals surface area contributed by atoms with Crippen LogP contribution in [0.5, 0.6) is 0 Å². The van der Waals surface area contributed by atoms with E-state index in [0.717, 1.165) is 30.2 Å². The number of aldehydes is 1. The van der Waals surface area contributed by atoms with Gasteiger partial charge in [0.2, 0.25) is 0 Å². The molecule has 0 unspecified atom stereocenters. The first-order valence-corrected chi connectivity index (χ1v) is 6.76. The van der Waals surface area contributed by atoms with Gasteiger partial charge in [0, 0.05) is 42.0 Å². The van der Waals surface area contributed by atoms with Crippen molar-refractivity contribution in [2.24, 2.45) is 7.05 Å². The minimum atomic E-state index is 0.677. The largest absolute Gasteiger partial charge is 0.346 e. The molecule has 0 saturated carbocycles. The minimum Gasteiger partial charge on any atom is -0.346 e. The Balaban J connectivity index is 1.94. The van der Waals surface area contributed by atoms with E-state index in [4.69, 9.17) is 11.6 Å². The summed E-state index contributed by atoms with van der Waals surface area (Å²) in [6.07, 6.45) is 7.49. The number of rotatable bonds is 4. The summed E-state index contributed by atoms with van der Waals surface area (Å²) >= 11 is 6.05. The monoisotopic (exact) mass is 287 g/mol. The Labute approximate surface area is 121 Å². The fourth-order valence-electron chi connectivity index (χ4n) is 2.42. The van der Waals surface area contributed by atoms with E-state index in [1.54, 1.807) is 4.68 Å². The second-order valence-corrected chi connectivity index (χ2v) is 5.27. The van der Waals surface area contributed by atoms with Crippen LogP contribution in [0.25, 0.3) is 10.9 Å². The van der Waals surface area contributed by atoms with Crippen molar-refractivity contribution in [1.29, 1.82) is 0 Å². The molecule has 0 amide bonds. The Morgan fingerprint density at radius 2 is 2.20 bits per heavy atom. The molecule has 0 aliphatic heterocycles. The predicted octanol–water partition coefficient (Wildman–Crippen LogP) is 3.08. The molecule has 4 nitrogen and oxygen atoms in total. The van der Waals surface area contributed by atoms with Gasteiger partial charge in [-0.3, -0.25) is 9.48 Å². The molecule has 1 aromatic carbocycles. The van der Waals surface area contributed by atoms with Crippen molar-refractivity contribution in [3.05, 3.63) is 52.9 Å². The average molecular weight is 288 g/mol. The van der Waals surface area contributed by atoms with E-state index in [1.807, 2.05) is 43.8 Å². The lowest BCUT2D eigenvalue weighted by Crippen LogP contribution is -1.99. The normalized spacial score (nSPS) is 11.1. The molecule has 0 N–H and O–H groups in total. The fourth-order valence-corrected chi connectivity index (χ4v) is 2.59. The first kappa shape index (κ1) is 12.9. The van der Waals surface area contributed by atoms with Gasteiger partial charge in [-0.2, -0.15) is 5.10 Å². The molecule has 5 heteroatoms. The zero-order chi connectivity index (χ0) is 14.1. The topological polar surface area (TPSA) is 39.8 Å². The molecule has 2 aromatic heterocycles. The number of aryl methyl sites for hydroxylation is 3. The van der Waals surface area contributed by atoms with Crippen LogP contribution in [0.15, 0.2) is 36.8 Å². The smallest absolute Gasteiger partial charge is 0.152 e. The Morgan fingerprint density at radius 1 is 1.35 bits per heavy atom. The second kappa shape index (κ2) is 5.13. The van der Waals surface area contributed by atoms with Crippen molar-refractivity contribution in [3.8, 4) is 0 Å². The van der Waals surface area contributed by atoms with Crippen LogP contribution >= 0.6 is 11.6 Å². The summed E-state index contributed by atoms with van der Waals surface area (Å²) in [5, 5.41) is 5.77. The van der Waals surface area contributed by atoms with Gasteiger partial charge in [-0.15, -0.1) is 0 Å². The molecule has 0 saturated heterocycles. The number of halogens is 1. The molecule has 0 bridgehead atoms. The van der Waals surface area contributed by atoms with Crippen molar-refractivity contribution in [1.82, 2.24) is 14.3 Å². The first-order chi connectivity index (χ1) is 9.67. The summed E-state index contributed by atoms with van der Waals surface area (Å²) in [6.45, 7) is 0.788. The Kier molecular flexibility index (Phi) is 3.32. The SMILES string of the molecule is Cn1cc(CCn2cc(C=O)c3ccc(Cl)cc32)cn1. The fraction of sp³-hybridized carbons (Fsp3) is 0.200. The van der Waals surface area contributed by atoms with Crippen molar-refractivity contribution in [3.63, 3.8) is 0 Å². The number of nitrogens with zero attached hydrogens (tertiary/aromatic N) is 3. The molecule has 20 heavy (non-hydrogen) atoms. The summed E-state index contributed by atoms with van der Waals surface area (Å²) in [7, 11) is 1.90. The summed E-state index contributed by atoms with van der Waals surface area (Å²) in [5.41, 5.74) is 2.86. The van der Waals surface area contributed by atoms with E-state index in [2.05, 4.69) is 9.67 Å². The highest BCUT2D eigenvalue weighted by atomic mass is 35.5. The lowest BCUT2D eigenvalue weighted by Gasteiger charge is -2.04. The van der Waals surface area contributed by atoms with Crippen molar-refractivity contribution in [2.75, 3.05) is 0 Å². The molecule has 3 aromatic rings. The predicted molar refractivity (Wildman–Crippen MR) is 79.2 cm³/mol.